The third-order valence-corrected chi connectivity index (χ3v) is 4.04. The number of anilines is 2. The number of nitrogens with zero attached hydrogens (tertiary/aromatic N) is 4. The summed E-state index contributed by atoms with van der Waals surface area (Å²) in [5.41, 5.74) is 2.08. The zero-order valence-electron chi connectivity index (χ0n) is 13.4. The van der Waals surface area contributed by atoms with E-state index in [0.717, 1.165) is 67.9 Å². The summed E-state index contributed by atoms with van der Waals surface area (Å²) >= 11 is 0. The average Bonchev–Trinajstić information content (AvgIpc) is 3.05. The van der Waals surface area contributed by atoms with E-state index >= 15 is 0 Å². The van der Waals surface area contributed by atoms with E-state index < -0.39 is 0 Å². The number of fused-ring (bicyclic) bond motifs is 1. The molecule has 1 aromatic carbocycles. The first-order valence-corrected chi connectivity index (χ1v) is 8.22. The average molecular weight is 324 g/mol. The predicted octanol–water partition coefficient (Wildman–Crippen LogP) is 1.84. The first-order chi connectivity index (χ1) is 11.9. The second kappa shape index (κ2) is 6.84. The minimum atomic E-state index is 0.729. The maximum atomic E-state index is 5.37. The maximum absolute atomic E-state index is 5.37. The molecule has 0 atom stereocenters. The van der Waals surface area contributed by atoms with Gasteiger partial charge >= 0.3 is 0 Å². The van der Waals surface area contributed by atoms with Crippen molar-refractivity contribution < 1.29 is 4.74 Å². The molecule has 0 radical (unpaired) electrons. The van der Waals surface area contributed by atoms with Gasteiger partial charge in [0.05, 0.1) is 24.2 Å². The highest BCUT2D eigenvalue weighted by Crippen LogP contribution is 2.13. The van der Waals surface area contributed by atoms with Crippen molar-refractivity contribution in [1.29, 1.82) is 0 Å². The molecule has 0 spiro atoms. The van der Waals surface area contributed by atoms with E-state index in [0.29, 0.717) is 0 Å². The van der Waals surface area contributed by atoms with Gasteiger partial charge in [-0.15, -0.1) is 0 Å². The second-order valence-electron chi connectivity index (χ2n) is 5.72. The van der Waals surface area contributed by atoms with Crippen LogP contribution in [0.3, 0.4) is 0 Å². The highest BCUT2D eigenvalue weighted by atomic mass is 16.5. The molecule has 0 unspecified atom stereocenters. The van der Waals surface area contributed by atoms with Crippen LogP contribution in [-0.4, -0.2) is 52.8 Å². The summed E-state index contributed by atoms with van der Waals surface area (Å²) in [5.74, 6) is 2.57. The van der Waals surface area contributed by atoms with E-state index in [-0.39, 0.29) is 0 Å². The fourth-order valence-corrected chi connectivity index (χ4v) is 2.80. The number of nitrogens with one attached hydrogen (secondary N) is 2. The summed E-state index contributed by atoms with van der Waals surface area (Å²) in [6, 6.07) is 9.96. The summed E-state index contributed by atoms with van der Waals surface area (Å²) in [6.45, 7) is 3.89. The summed E-state index contributed by atoms with van der Waals surface area (Å²) in [4.78, 5) is 19.0. The maximum Gasteiger partial charge on any atom is 0.227 e. The molecule has 0 bridgehead atoms. The lowest BCUT2D eigenvalue weighted by molar-refractivity contribution is 0.122. The van der Waals surface area contributed by atoms with Crippen LogP contribution in [0, 0.1) is 0 Å². The van der Waals surface area contributed by atoms with Gasteiger partial charge in [-0.3, -0.25) is 0 Å². The highest BCUT2D eigenvalue weighted by Gasteiger charge is 2.13. The van der Waals surface area contributed by atoms with Crippen molar-refractivity contribution >= 4 is 22.8 Å². The van der Waals surface area contributed by atoms with E-state index in [1.807, 2.05) is 30.3 Å². The lowest BCUT2D eigenvalue weighted by Crippen LogP contribution is -2.37. The van der Waals surface area contributed by atoms with Crippen molar-refractivity contribution in [2.45, 2.75) is 6.42 Å². The number of aromatic amines is 1. The van der Waals surface area contributed by atoms with Crippen molar-refractivity contribution in [3.05, 3.63) is 42.4 Å². The number of hydrogen-bond donors (Lipinski definition) is 2. The molecule has 24 heavy (non-hydrogen) atoms. The van der Waals surface area contributed by atoms with Gasteiger partial charge in [0.15, 0.2) is 0 Å². The van der Waals surface area contributed by atoms with E-state index in [1.54, 1.807) is 6.20 Å². The standard InChI is InChI=1S/C17H20N6O/c1-2-4-14-13(3-1)20-16(21-14)6-7-18-15-5-8-19-17(22-15)23-9-11-24-12-10-23/h1-5,8H,6-7,9-12H2,(H,20,21)(H,18,19,22). The zero-order valence-corrected chi connectivity index (χ0v) is 13.4. The largest absolute Gasteiger partial charge is 0.378 e. The van der Waals surface area contributed by atoms with Gasteiger partial charge in [0.25, 0.3) is 0 Å². The van der Waals surface area contributed by atoms with Crippen LogP contribution >= 0.6 is 0 Å². The minimum Gasteiger partial charge on any atom is -0.378 e. The molecule has 3 aromatic rings. The quantitative estimate of drug-likeness (QED) is 0.745. The molecule has 4 rings (SSSR count). The fraction of sp³-hybridized carbons (Fsp3) is 0.353. The van der Waals surface area contributed by atoms with E-state index in [9.17, 15) is 0 Å². The number of imidazole rings is 1. The van der Waals surface area contributed by atoms with Crippen LogP contribution in [0.2, 0.25) is 0 Å². The normalized spacial score (nSPS) is 14.9. The number of para-hydroxylation sites is 2. The summed E-state index contributed by atoms with van der Waals surface area (Å²) < 4.78 is 5.37. The summed E-state index contributed by atoms with van der Waals surface area (Å²) in [6.07, 6.45) is 2.60. The van der Waals surface area contributed by atoms with Crippen LogP contribution in [0.25, 0.3) is 11.0 Å². The molecule has 3 heterocycles. The van der Waals surface area contributed by atoms with Gasteiger partial charge in [-0.05, 0) is 18.2 Å². The monoisotopic (exact) mass is 324 g/mol. The van der Waals surface area contributed by atoms with Gasteiger partial charge in [-0.25, -0.2) is 9.97 Å². The van der Waals surface area contributed by atoms with Crippen LogP contribution < -0.4 is 10.2 Å². The van der Waals surface area contributed by atoms with Gasteiger partial charge in [-0.1, -0.05) is 12.1 Å². The summed E-state index contributed by atoms with van der Waals surface area (Å²) in [5, 5.41) is 3.35. The Bertz CT molecular complexity index is 778. The Morgan fingerprint density at radius 1 is 1.12 bits per heavy atom. The number of H-pyrrole nitrogens is 1. The van der Waals surface area contributed by atoms with E-state index in [1.165, 1.54) is 0 Å². The molecule has 0 aliphatic carbocycles. The number of aromatic nitrogens is 4. The molecule has 1 fully saturated rings. The first kappa shape index (κ1) is 14.9. The number of rotatable bonds is 5. The molecule has 0 saturated carbocycles. The number of benzene rings is 1. The number of morpholine rings is 1. The van der Waals surface area contributed by atoms with Gasteiger partial charge < -0.3 is 19.9 Å². The molecule has 0 amide bonds. The van der Waals surface area contributed by atoms with E-state index in [2.05, 4.69) is 30.2 Å². The van der Waals surface area contributed by atoms with Crippen molar-refractivity contribution in [2.75, 3.05) is 43.1 Å². The molecular formula is C17H20N6O. The Morgan fingerprint density at radius 3 is 2.88 bits per heavy atom. The Kier molecular flexibility index (Phi) is 4.24. The number of hydrogen-bond acceptors (Lipinski definition) is 6. The molecule has 2 aromatic heterocycles. The first-order valence-electron chi connectivity index (χ1n) is 8.22. The van der Waals surface area contributed by atoms with Crippen LogP contribution in [-0.2, 0) is 11.2 Å². The van der Waals surface area contributed by atoms with Crippen LogP contribution in [0.15, 0.2) is 36.5 Å². The Balaban J connectivity index is 1.37. The number of ether oxygens (including phenoxy) is 1. The Labute approximate surface area is 140 Å². The lowest BCUT2D eigenvalue weighted by atomic mass is 10.3. The van der Waals surface area contributed by atoms with Crippen molar-refractivity contribution in [1.82, 2.24) is 19.9 Å². The lowest BCUT2D eigenvalue weighted by Gasteiger charge is -2.26. The van der Waals surface area contributed by atoms with Crippen LogP contribution in [0.4, 0.5) is 11.8 Å². The molecule has 7 heteroatoms. The molecule has 1 aliphatic heterocycles. The van der Waals surface area contributed by atoms with Gasteiger partial charge in [0, 0.05) is 32.3 Å². The van der Waals surface area contributed by atoms with Crippen molar-refractivity contribution in [2.24, 2.45) is 0 Å². The van der Waals surface area contributed by atoms with Gasteiger partial charge in [0.2, 0.25) is 5.95 Å². The Morgan fingerprint density at radius 2 is 2.00 bits per heavy atom. The zero-order chi connectivity index (χ0) is 16.2. The molecule has 1 saturated heterocycles. The highest BCUT2D eigenvalue weighted by molar-refractivity contribution is 5.74. The SMILES string of the molecule is c1ccc2[nH]c(CCNc3ccnc(N4CCOCC4)n3)nc2c1. The van der Waals surface area contributed by atoms with Gasteiger partial charge in [-0.2, -0.15) is 4.98 Å². The third kappa shape index (κ3) is 3.30. The van der Waals surface area contributed by atoms with Crippen LogP contribution in [0.5, 0.6) is 0 Å². The van der Waals surface area contributed by atoms with Crippen LogP contribution in [0.1, 0.15) is 5.82 Å². The summed E-state index contributed by atoms with van der Waals surface area (Å²) in [7, 11) is 0. The molecule has 7 nitrogen and oxygen atoms in total. The fourth-order valence-electron chi connectivity index (χ4n) is 2.80. The Hall–Kier alpha value is -2.67. The van der Waals surface area contributed by atoms with Crippen molar-refractivity contribution in [3.8, 4) is 0 Å². The minimum absolute atomic E-state index is 0.729. The van der Waals surface area contributed by atoms with E-state index in [4.69, 9.17) is 4.74 Å². The third-order valence-electron chi connectivity index (χ3n) is 4.04. The predicted molar refractivity (Wildman–Crippen MR) is 93.4 cm³/mol. The molecule has 2 N–H and O–H groups in total. The van der Waals surface area contributed by atoms with Crippen molar-refractivity contribution in [3.63, 3.8) is 0 Å². The topological polar surface area (TPSA) is 79.0 Å². The van der Waals surface area contributed by atoms with Gasteiger partial charge in [0.1, 0.15) is 11.6 Å². The molecule has 124 valence electrons. The smallest absolute Gasteiger partial charge is 0.227 e. The molecule has 1 aliphatic rings. The second-order valence-corrected chi connectivity index (χ2v) is 5.72. The molecular weight excluding hydrogens is 304 g/mol.